The summed E-state index contributed by atoms with van der Waals surface area (Å²) in [7, 11) is 0. The third kappa shape index (κ3) is 4.67. The van der Waals surface area contributed by atoms with Gasteiger partial charge in [-0.25, -0.2) is 9.97 Å². The molecule has 1 atom stereocenters. The van der Waals surface area contributed by atoms with Crippen molar-refractivity contribution in [2.45, 2.75) is 55.6 Å². The Bertz CT molecular complexity index is 805. The van der Waals surface area contributed by atoms with Crippen LogP contribution in [0.15, 0.2) is 40.5 Å². The van der Waals surface area contributed by atoms with Crippen molar-refractivity contribution in [3.8, 4) is 0 Å². The highest BCUT2D eigenvalue weighted by Crippen LogP contribution is 2.42. The van der Waals surface area contributed by atoms with Gasteiger partial charge in [0.2, 0.25) is 0 Å². The van der Waals surface area contributed by atoms with Gasteiger partial charge in [0.15, 0.2) is 5.82 Å². The van der Waals surface area contributed by atoms with Crippen molar-refractivity contribution in [1.82, 2.24) is 14.9 Å². The summed E-state index contributed by atoms with van der Waals surface area (Å²) in [5.74, 6) is 2.45. The van der Waals surface area contributed by atoms with E-state index in [4.69, 9.17) is 0 Å². The summed E-state index contributed by atoms with van der Waals surface area (Å²) < 4.78 is 0. The molecule has 2 aliphatic heterocycles. The number of nitrogens with one attached hydrogen (secondary N) is 1. The lowest BCUT2D eigenvalue weighted by molar-refractivity contribution is 0.0871. The zero-order chi connectivity index (χ0) is 19.5. The van der Waals surface area contributed by atoms with Crippen molar-refractivity contribution in [3.63, 3.8) is 0 Å². The molecule has 1 fully saturated rings. The van der Waals surface area contributed by atoms with E-state index in [-0.39, 0.29) is 0 Å². The number of fused-ring (bicyclic) bond motifs is 2. The van der Waals surface area contributed by atoms with Crippen LogP contribution in [-0.4, -0.2) is 39.6 Å². The number of hydrogen-bond acceptors (Lipinski definition) is 6. The van der Waals surface area contributed by atoms with E-state index in [1.807, 2.05) is 6.07 Å². The Labute approximate surface area is 172 Å². The second kappa shape index (κ2) is 8.80. The minimum Gasteiger partial charge on any atom is -0.387 e. The summed E-state index contributed by atoms with van der Waals surface area (Å²) in [5, 5.41) is 15.0. The predicted molar refractivity (Wildman–Crippen MR) is 114 cm³/mol. The first-order valence-electron chi connectivity index (χ1n) is 10.4. The predicted octanol–water partition coefficient (Wildman–Crippen LogP) is 4.87. The molecular formula is C22H30N4OS. The molecule has 0 radical (unpaired) electrons. The number of aliphatic hydroxyl groups excluding tert-OH is 1. The van der Waals surface area contributed by atoms with Crippen LogP contribution in [0.25, 0.3) is 0 Å². The van der Waals surface area contributed by atoms with Gasteiger partial charge in [-0.1, -0.05) is 44.5 Å². The molecule has 1 saturated heterocycles. The average Bonchev–Trinajstić information content (AvgIpc) is 2.71. The Morgan fingerprint density at radius 3 is 2.79 bits per heavy atom. The van der Waals surface area contributed by atoms with Crippen molar-refractivity contribution >= 4 is 23.3 Å². The molecule has 2 aliphatic rings. The maximum Gasteiger partial charge on any atom is 0.163 e. The van der Waals surface area contributed by atoms with Crippen LogP contribution in [-0.2, 0) is 0 Å². The number of piperidine rings is 1. The average molecular weight is 399 g/mol. The van der Waals surface area contributed by atoms with Crippen LogP contribution in [0, 0.1) is 11.8 Å². The topological polar surface area (TPSA) is 61.3 Å². The van der Waals surface area contributed by atoms with Gasteiger partial charge in [-0.05, 0) is 55.5 Å². The standard InChI is InChI=1S/C22H30N4OS/c1-15(2)3-4-16-7-11-26(12-8-16)14-19(27)17-5-6-20-18(13-17)25-21-22(28-20)24-10-9-23-21/h5-6,9-10,13,15-16,19,27H,3-4,7-8,11-12,14H2,1-2H3,(H,23,25). The minimum atomic E-state index is -0.465. The van der Waals surface area contributed by atoms with Crippen LogP contribution >= 0.6 is 11.8 Å². The van der Waals surface area contributed by atoms with Crippen molar-refractivity contribution in [1.29, 1.82) is 0 Å². The van der Waals surface area contributed by atoms with Crippen molar-refractivity contribution < 1.29 is 5.11 Å². The van der Waals surface area contributed by atoms with E-state index in [0.29, 0.717) is 6.54 Å². The van der Waals surface area contributed by atoms with E-state index in [1.165, 1.54) is 25.7 Å². The van der Waals surface area contributed by atoms with Crippen molar-refractivity contribution in [2.24, 2.45) is 11.8 Å². The molecule has 150 valence electrons. The lowest BCUT2D eigenvalue weighted by Gasteiger charge is -2.33. The number of β-amino-alcohol motifs (C(OH)–C–C–N with tert-alkyl or cyclic N) is 1. The number of aliphatic hydroxyl groups is 1. The summed E-state index contributed by atoms with van der Waals surface area (Å²) >= 11 is 1.62. The number of hydrogen-bond donors (Lipinski definition) is 2. The van der Waals surface area contributed by atoms with Crippen LogP contribution < -0.4 is 5.32 Å². The zero-order valence-corrected chi connectivity index (χ0v) is 17.6. The van der Waals surface area contributed by atoms with Gasteiger partial charge < -0.3 is 15.3 Å². The SMILES string of the molecule is CC(C)CCC1CCN(CC(O)c2ccc3c(c2)Nc2nccnc2S3)CC1. The van der Waals surface area contributed by atoms with Gasteiger partial charge in [0.25, 0.3) is 0 Å². The summed E-state index contributed by atoms with van der Waals surface area (Å²) in [6.07, 6.45) is 8.15. The third-order valence-corrected chi connectivity index (χ3v) is 6.87. The Balaban J connectivity index is 1.33. The van der Waals surface area contributed by atoms with Crippen molar-refractivity contribution in [3.05, 3.63) is 36.2 Å². The maximum atomic E-state index is 10.8. The summed E-state index contributed by atoms with van der Waals surface area (Å²) in [6.45, 7) is 7.52. The monoisotopic (exact) mass is 398 g/mol. The van der Waals surface area contributed by atoms with E-state index >= 15 is 0 Å². The first kappa shape index (κ1) is 19.7. The molecule has 2 aromatic rings. The van der Waals surface area contributed by atoms with Crippen LogP contribution in [0.1, 0.15) is 51.2 Å². The minimum absolute atomic E-state index is 0.465. The summed E-state index contributed by atoms with van der Waals surface area (Å²) in [4.78, 5) is 12.3. The normalized spacial score (nSPS) is 18.4. The largest absolute Gasteiger partial charge is 0.387 e. The summed E-state index contributed by atoms with van der Waals surface area (Å²) in [6, 6.07) is 6.16. The van der Waals surface area contributed by atoms with Crippen molar-refractivity contribution in [2.75, 3.05) is 25.0 Å². The highest BCUT2D eigenvalue weighted by molar-refractivity contribution is 7.99. The third-order valence-electron chi connectivity index (χ3n) is 5.80. The second-order valence-electron chi connectivity index (χ2n) is 8.42. The van der Waals surface area contributed by atoms with Gasteiger partial charge in [0.1, 0.15) is 5.03 Å². The Morgan fingerprint density at radius 1 is 1.21 bits per heavy atom. The lowest BCUT2D eigenvalue weighted by Crippen LogP contribution is -2.36. The van der Waals surface area contributed by atoms with Gasteiger partial charge in [0, 0.05) is 23.8 Å². The number of anilines is 2. The number of aromatic nitrogens is 2. The van der Waals surface area contributed by atoms with Crippen LogP contribution in [0.5, 0.6) is 0 Å². The van der Waals surface area contributed by atoms with E-state index in [9.17, 15) is 5.11 Å². The molecule has 6 heteroatoms. The highest BCUT2D eigenvalue weighted by atomic mass is 32.2. The smallest absolute Gasteiger partial charge is 0.163 e. The molecule has 0 spiro atoms. The zero-order valence-electron chi connectivity index (χ0n) is 16.8. The molecule has 3 heterocycles. The van der Waals surface area contributed by atoms with E-state index in [1.54, 1.807) is 24.2 Å². The first-order valence-corrected chi connectivity index (χ1v) is 11.2. The summed E-state index contributed by atoms with van der Waals surface area (Å²) in [5.41, 5.74) is 1.96. The molecule has 0 aliphatic carbocycles. The second-order valence-corrected chi connectivity index (χ2v) is 9.45. The molecule has 2 N–H and O–H groups in total. The molecule has 1 aromatic heterocycles. The van der Waals surface area contributed by atoms with Crippen LogP contribution in [0.2, 0.25) is 0 Å². The maximum absolute atomic E-state index is 10.8. The number of benzene rings is 1. The number of nitrogens with zero attached hydrogens (tertiary/aromatic N) is 3. The first-order chi connectivity index (χ1) is 13.6. The van der Waals surface area contributed by atoms with E-state index < -0.39 is 6.10 Å². The molecule has 1 aromatic carbocycles. The van der Waals surface area contributed by atoms with E-state index in [2.05, 4.69) is 46.2 Å². The Kier molecular flexibility index (Phi) is 6.19. The quantitative estimate of drug-likeness (QED) is 0.618. The highest BCUT2D eigenvalue weighted by Gasteiger charge is 2.23. The van der Waals surface area contributed by atoms with Gasteiger partial charge >= 0.3 is 0 Å². The molecule has 1 unspecified atom stereocenters. The van der Waals surface area contributed by atoms with Gasteiger partial charge in [-0.15, -0.1) is 0 Å². The molecule has 0 amide bonds. The molecule has 5 nitrogen and oxygen atoms in total. The molecule has 0 saturated carbocycles. The number of likely N-dealkylation sites (tertiary alicyclic amines) is 1. The number of rotatable bonds is 6. The van der Waals surface area contributed by atoms with Gasteiger partial charge in [-0.3, -0.25) is 0 Å². The van der Waals surface area contributed by atoms with Gasteiger partial charge in [-0.2, -0.15) is 0 Å². The fourth-order valence-electron chi connectivity index (χ4n) is 4.04. The Morgan fingerprint density at radius 2 is 2.00 bits per heavy atom. The lowest BCUT2D eigenvalue weighted by atomic mass is 9.89. The molecule has 4 rings (SSSR count). The van der Waals surface area contributed by atoms with Gasteiger partial charge in [0.05, 0.1) is 11.8 Å². The van der Waals surface area contributed by atoms with E-state index in [0.717, 1.165) is 51.9 Å². The molecular weight excluding hydrogens is 368 g/mol. The van der Waals surface area contributed by atoms with Crippen LogP contribution in [0.3, 0.4) is 0 Å². The molecule has 28 heavy (non-hydrogen) atoms. The fraction of sp³-hybridized carbons (Fsp3) is 0.545. The Hall–Kier alpha value is -1.63. The fourth-order valence-corrected chi connectivity index (χ4v) is 4.91. The van der Waals surface area contributed by atoms with Crippen LogP contribution in [0.4, 0.5) is 11.5 Å². The molecule has 0 bridgehead atoms.